The summed E-state index contributed by atoms with van der Waals surface area (Å²) in [6, 6.07) is 5.78. The summed E-state index contributed by atoms with van der Waals surface area (Å²) in [6.07, 6.45) is 0. The standard InChI is InChI=1S/C12H16BrNO2/c1-9(13)8-16-12-6-11(15-3)5-4-10(12)7-14-2/h4-6,14H,1,7-8H2,2-3H3. The van der Waals surface area contributed by atoms with Crippen LogP contribution in [0.4, 0.5) is 0 Å². The van der Waals surface area contributed by atoms with Crippen molar-refractivity contribution in [3.8, 4) is 11.5 Å². The van der Waals surface area contributed by atoms with Crippen molar-refractivity contribution in [1.82, 2.24) is 5.32 Å². The fourth-order valence-electron chi connectivity index (χ4n) is 1.29. The van der Waals surface area contributed by atoms with Crippen molar-refractivity contribution >= 4 is 15.9 Å². The smallest absolute Gasteiger partial charge is 0.128 e. The molecule has 0 saturated carbocycles. The van der Waals surface area contributed by atoms with Crippen LogP contribution in [-0.4, -0.2) is 20.8 Å². The van der Waals surface area contributed by atoms with E-state index in [0.717, 1.165) is 28.1 Å². The lowest BCUT2D eigenvalue weighted by Gasteiger charge is -2.12. The third-order valence-electron chi connectivity index (χ3n) is 2.03. The fraction of sp³-hybridized carbons (Fsp3) is 0.333. The van der Waals surface area contributed by atoms with Crippen LogP contribution in [0, 0.1) is 0 Å². The van der Waals surface area contributed by atoms with Crippen molar-refractivity contribution in [3.63, 3.8) is 0 Å². The first-order valence-corrected chi connectivity index (χ1v) is 5.74. The van der Waals surface area contributed by atoms with Gasteiger partial charge in [0.15, 0.2) is 0 Å². The number of hydrogen-bond acceptors (Lipinski definition) is 3. The van der Waals surface area contributed by atoms with Crippen LogP contribution in [0.2, 0.25) is 0 Å². The van der Waals surface area contributed by atoms with Gasteiger partial charge in [0, 0.05) is 22.7 Å². The predicted octanol–water partition coefficient (Wildman–Crippen LogP) is 2.70. The summed E-state index contributed by atoms with van der Waals surface area (Å²) in [5.74, 6) is 1.60. The van der Waals surface area contributed by atoms with Gasteiger partial charge in [-0.05, 0) is 13.1 Å². The van der Waals surface area contributed by atoms with Crippen LogP contribution in [0.1, 0.15) is 5.56 Å². The molecule has 0 saturated heterocycles. The molecule has 1 rings (SSSR count). The van der Waals surface area contributed by atoms with Crippen LogP contribution >= 0.6 is 15.9 Å². The molecule has 1 N–H and O–H groups in total. The number of hydrogen-bond donors (Lipinski definition) is 1. The van der Waals surface area contributed by atoms with E-state index in [0.29, 0.717) is 6.61 Å². The first-order chi connectivity index (χ1) is 7.67. The van der Waals surface area contributed by atoms with Crippen molar-refractivity contribution in [2.45, 2.75) is 6.54 Å². The van der Waals surface area contributed by atoms with Gasteiger partial charge >= 0.3 is 0 Å². The largest absolute Gasteiger partial charge is 0.497 e. The van der Waals surface area contributed by atoms with Gasteiger partial charge in [0.2, 0.25) is 0 Å². The summed E-state index contributed by atoms with van der Waals surface area (Å²) in [5.41, 5.74) is 1.09. The van der Waals surface area contributed by atoms with Crippen LogP contribution in [0.25, 0.3) is 0 Å². The minimum Gasteiger partial charge on any atom is -0.497 e. The highest BCUT2D eigenvalue weighted by atomic mass is 79.9. The molecule has 16 heavy (non-hydrogen) atoms. The van der Waals surface area contributed by atoms with E-state index >= 15 is 0 Å². The van der Waals surface area contributed by atoms with Gasteiger partial charge in [-0.3, -0.25) is 0 Å². The number of halogens is 1. The Bertz CT molecular complexity index is 366. The van der Waals surface area contributed by atoms with E-state index in [1.165, 1.54) is 0 Å². The van der Waals surface area contributed by atoms with E-state index in [4.69, 9.17) is 9.47 Å². The second-order valence-corrected chi connectivity index (χ2v) is 4.43. The molecule has 0 amide bonds. The monoisotopic (exact) mass is 285 g/mol. The first-order valence-electron chi connectivity index (χ1n) is 4.95. The number of benzene rings is 1. The maximum atomic E-state index is 5.63. The molecule has 0 radical (unpaired) electrons. The van der Waals surface area contributed by atoms with Gasteiger partial charge in [-0.15, -0.1) is 0 Å². The average Bonchev–Trinajstić information content (AvgIpc) is 2.28. The van der Waals surface area contributed by atoms with Crippen LogP contribution in [0.5, 0.6) is 11.5 Å². The number of methoxy groups -OCH3 is 1. The van der Waals surface area contributed by atoms with Crippen LogP contribution in [0.15, 0.2) is 29.3 Å². The summed E-state index contributed by atoms with van der Waals surface area (Å²) in [7, 11) is 3.54. The molecule has 0 atom stereocenters. The van der Waals surface area contributed by atoms with E-state index in [-0.39, 0.29) is 0 Å². The Hall–Kier alpha value is -1.00. The molecule has 0 bridgehead atoms. The summed E-state index contributed by atoms with van der Waals surface area (Å²) in [6.45, 7) is 4.94. The molecule has 0 aromatic heterocycles. The van der Waals surface area contributed by atoms with Gasteiger partial charge in [-0.25, -0.2) is 0 Å². The molecule has 0 spiro atoms. The van der Waals surface area contributed by atoms with Crippen LogP contribution in [-0.2, 0) is 6.54 Å². The summed E-state index contributed by atoms with van der Waals surface area (Å²) in [5, 5.41) is 3.09. The lowest BCUT2D eigenvalue weighted by molar-refractivity contribution is 0.350. The molecule has 0 aliphatic rings. The van der Waals surface area contributed by atoms with Crippen molar-refractivity contribution in [2.75, 3.05) is 20.8 Å². The third kappa shape index (κ3) is 3.87. The SMILES string of the molecule is C=C(Br)COc1cc(OC)ccc1CNC. The normalized spacial score (nSPS) is 9.94. The maximum Gasteiger partial charge on any atom is 0.128 e. The van der Waals surface area contributed by atoms with Gasteiger partial charge in [0.25, 0.3) is 0 Å². The molecular formula is C12H16BrNO2. The minimum absolute atomic E-state index is 0.448. The number of rotatable bonds is 6. The summed E-state index contributed by atoms with van der Waals surface area (Å²) >= 11 is 3.26. The topological polar surface area (TPSA) is 30.5 Å². The fourth-order valence-corrected chi connectivity index (χ4v) is 1.40. The van der Waals surface area contributed by atoms with E-state index in [1.807, 2.05) is 25.2 Å². The molecule has 0 unspecified atom stereocenters. The highest BCUT2D eigenvalue weighted by molar-refractivity contribution is 9.11. The van der Waals surface area contributed by atoms with Crippen LogP contribution in [0.3, 0.4) is 0 Å². The number of ether oxygens (including phenoxy) is 2. The van der Waals surface area contributed by atoms with Gasteiger partial charge in [0.1, 0.15) is 18.1 Å². The van der Waals surface area contributed by atoms with Crippen molar-refractivity contribution in [2.24, 2.45) is 0 Å². The molecule has 4 heteroatoms. The molecule has 1 aromatic rings. The molecule has 0 aliphatic carbocycles. The zero-order valence-electron chi connectivity index (χ0n) is 9.55. The molecule has 0 heterocycles. The van der Waals surface area contributed by atoms with Gasteiger partial charge in [-0.2, -0.15) is 0 Å². The Balaban J connectivity index is 2.86. The van der Waals surface area contributed by atoms with Crippen LogP contribution < -0.4 is 14.8 Å². The summed E-state index contributed by atoms with van der Waals surface area (Å²) < 4.78 is 11.6. The van der Waals surface area contributed by atoms with E-state index in [1.54, 1.807) is 7.11 Å². The molecule has 88 valence electrons. The highest BCUT2D eigenvalue weighted by Gasteiger charge is 2.05. The van der Waals surface area contributed by atoms with E-state index in [9.17, 15) is 0 Å². The minimum atomic E-state index is 0.448. The van der Waals surface area contributed by atoms with Crippen molar-refractivity contribution < 1.29 is 9.47 Å². The van der Waals surface area contributed by atoms with Crippen molar-refractivity contribution in [1.29, 1.82) is 0 Å². The second kappa shape index (κ2) is 6.55. The van der Waals surface area contributed by atoms with E-state index in [2.05, 4.69) is 27.8 Å². The Morgan fingerprint density at radius 2 is 2.25 bits per heavy atom. The Morgan fingerprint density at radius 1 is 1.50 bits per heavy atom. The molecule has 0 fully saturated rings. The lowest BCUT2D eigenvalue weighted by atomic mass is 10.2. The lowest BCUT2D eigenvalue weighted by Crippen LogP contribution is -2.08. The van der Waals surface area contributed by atoms with Crippen molar-refractivity contribution in [3.05, 3.63) is 34.8 Å². The highest BCUT2D eigenvalue weighted by Crippen LogP contribution is 2.25. The van der Waals surface area contributed by atoms with Gasteiger partial charge in [0.05, 0.1) is 7.11 Å². The molecular weight excluding hydrogens is 270 g/mol. The molecule has 0 aliphatic heterocycles. The second-order valence-electron chi connectivity index (χ2n) is 3.31. The zero-order valence-corrected chi connectivity index (χ0v) is 11.1. The average molecular weight is 286 g/mol. The Morgan fingerprint density at radius 3 is 2.81 bits per heavy atom. The first kappa shape index (κ1) is 13.1. The zero-order chi connectivity index (χ0) is 12.0. The predicted molar refractivity (Wildman–Crippen MR) is 69.3 cm³/mol. The molecule has 1 aromatic carbocycles. The van der Waals surface area contributed by atoms with Gasteiger partial charge < -0.3 is 14.8 Å². The quantitative estimate of drug-likeness (QED) is 0.872. The summed E-state index contributed by atoms with van der Waals surface area (Å²) in [4.78, 5) is 0. The Labute approximate surface area is 105 Å². The number of nitrogens with one attached hydrogen (secondary N) is 1. The van der Waals surface area contributed by atoms with E-state index < -0.39 is 0 Å². The van der Waals surface area contributed by atoms with Gasteiger partial charge in [-0.1, -0.05) is 28.6 Å². The maximum absolute atomic E-state index is 5.63. The molecule has 3 nitrogen and oxygen atoms in total. The Kier molecular flexibility index (Phi) is 5.35. The third-order valence-corrected chi connectivity index (χ3v) is 2.25.